The molecule has 0 radical (unpaired) electrons. The summed E-state index contributed by atoms with van der Waals surface area (Å²) in [7, 11) is 3.93. The van der Waals surface area contributed by atoms with E-state index in [0.29, 0.717) is 25.0 Å². The monoisotopic (exact) mass is 281 g/mol. The van der Waals surface area contributed by atoms with Gasteiger partial charge in [0.05, 0.1) is 23.8 Å². The van der Waals surface area contributed by atoms with Crippen LogP contribution < -0.4 is 5.32 Å². The van der Waals surface area contributed by atoms with E-state index >= 15 is 0 Å². The minimum Gasteiger partial charge on any atom is -0.407 e. The smallest absolute Gasteiger partial charge is 0.315 e. The lowest BCUT2D eigenvalue weighted by Gasteiger charge is -2.04. The summed E-state index contributed by atoms with van der Waals surface area (Å²) in [5.41, 5.74) is 1.14. The number of nitrogens with one attached hydrogen (secondary N) is 1. The first-order valence-electron chi connectivity index (χ1n) is 6.24. The van der Waals surface area contributed by atoms with Crippen molar-refractivity contribution in [3.05, 3.63) is 21.5 Å². The topological polar surface area (TPSA) is 67.1 Å². The van der Waals surface area contributed by atoms with Gasteiger partial charge in [0.2, 0.25) is 5.89 Å². The first kappa shape index (κ1) is 14.0. The molecule has 0 aliphatic rings. The summed E-state index contributed by atoms with van der Waals surface area (Å²) >= 11 is 1.70. The molecule has 0 aromatic carbocycles. The number of nitrogens with zero attached hydrogens (tertiary/aromatic N) is 4. The van der Waals surface area contributed by atoms with Crippen LogP contribution in [0, 0.1) is 6.92 Å². The molecule has 6 nitrogen and oxygen atoms in total. The Hall–Kier alpha value is -1.47. The molecule has 2 aromatic rings. The van der Waals surface area contributed by atoms with Gasteiger partial charge in [-0.15, -0.1) is 16.4 Å². The molecule has 0 unspecified atom stereocenters. The molecule has 0 amide bonds. The summed E-state index contributed by atoms with van der Waals surface area (Å²) < 4.78 is 5.51. The molecular weight excluding hydrogens is 262 g/mol. The Labute approximate surface area is 116 Å². The van der Waals surface area contributed by atoms with E-state index in [1.54, 1.807) is 11.3 Å². The summed E-state index contributed by atoms with van der Waals surface area (Å²) in [4.78, 5) is 7.71. The zero-order valence-electron chi connectivity index (χ0n) is 11.7. The van der Waals surface area contributed by atoms with Crippen molar-refractivity contribution in [1.29, 1.82) is 0 Å². The van der Waals surface area contributed by atoms with E-state index in [1.807, 2.05) is 25.9 Å². The van der Waals surface area contributed by atoms with E-state index in [9.17, 15) is 0 Å². The van der Waals surface area contributed by atoms with E-state index in [2.05, 4.69) is 27.4 Å². The first-order chi connectivity index (χ1) is 9.08. The molecule has 0 atom stereocenters. The molecule has 0 bridgehead atoms. The predicted molar refractivity (Wildman–Crippen MR) is 75.2 cm³/mol. The van der Waals surface area contributed by atoms with Gasteiger partial charge in [-0.25, -0.2) is 4.98 Å². The zero-order valence-corrected chi connectivity index (χ0v) is 12.5. The molecule has 0 aliphatic heterocycles. The second kappa shape index (κ2) is 6.12. The average molecular weight is 281 g/mol. The van der Waals surface area contributed by atoms with E-state index < -0.39 is 0 Å². The summed E-state index contributed by atoms with van der Waals surface area (Å²) in [6.07, 6.45) is 0.942. The van der Waals surface area contributed by atoms with Crippen LogP contribution in [0.3, 0.4) is 0 Å². The van der Waals surface area contributed by atoms with Gasteiger partial charge < -0.3 is 14.6 Å². The van der Waals surface area contributed by atoms with Crippen LogP contribution in [0.25, 0.3) is 0 Å². The first-order valence-corrected chi connectivity index (χ1v) is 7.06. The number of hydrogen-bond donors (Lipinski definition) is 1. The summed E-state index contributed by atoms with van der Waals surface area (Å²) in [5, 5.41) is 12.2. The van der Waals surface area contributed by atoms with Gasteiger partial charge in [0.1, 0.15) is 0 Å². The van der Waals surface area contributed by atoms with Crippen molar-refractivity contribution in [3.63, 3.8) is 0 Å². The Morgan fingerprint density at radius 3 is 2.79 bits per heavy atom. The molecule has 1 N–H and O–H groups in total. The Morgan fingerprint density at radius 2 is 2.11 bits per heavy atom. The largest absolute Gasteiger partial charge is 0.407 e. The molecule has 19 heavy (non-hydrogen) atoms. The van der Waals surface area contributed by atoms with Gasteiger partial charge in [0, 0.05) is 4.88 Å². The van der Waals surface area contributed by atoms with Crippen molar-refractivity contribution in [1.82, 2.24) is 20.1 Å². The SMILES string of the molecule is CCc1nc(C)sc1CNc1nnc(CN(C)C)o1. The van der Waals surface area contributed by atoms with E-state index in [4.69, 9.17) is 4.42 Å². The zero-order chi connectivity index (χ0) is 13.8. The summed E-state index contributed by atoms with van der Waals surface area (Å²) in [6, 6.07) is 0.463. The minimum atomic E-state index is 0.463. The standard InChI is InChI=1S/C12H19N5OS/c1-5-9-10(19-8(2)14-9)6-13-12-16-15-11(18-12)7-17(3)4/h5-7H2,1-4H3,(H,13,16). The van der Waals surface area contributed by atoms with Crippen LogP contribution in [0.15, 0.2) is 4.42 Å². The van der Waals surface area contributed by atoms with Crippen molar-refractivity contribution in [2.75, 3.05) is 19.4 Å². The van der Waals surface area contributed by atoms with Crippen molar-refractivity contribution in [2.24, 2.45) is 0 Å². The van der Waals surface area contributed by atoms with Gasteiger partial charge in [-0.1, -0.05) is 12.0 Å². The molecule has 2 heterocycles. The lowest BCUT2D eigenvalue weighted by Crippen LogP contribution is -2.10. The fourth-order valence-corrected chi connectivity index (χ4v) is 2.71. The normalized spacial score (nSPS) is 11.2. The molecule has 0 saturated carbocycles. The number of rotatable bonds is 6. The van der Waals surface area contributed by atoms with Crippen LogP contribution in [-0.4, -0.2) is 34.2 Å². The van der Waals surface area contributed by atoms with Gasteiger partial charge in [-0.2, -0.15) is 0 Å². The summed E-state index contributed by atoms with van der Waals surface area (Å²) in [6.45, 7) is 5.46. The fourth-order valence-electron chi connectivity index (χ4n) is 1.74. The van der Waals surface area contributed by atoms with Gasteiger partial charge in [-0.3, -0.25) is 0 Å². The molecular formula is C12H19N5OS. The maximum Gasteiger partial charge on any atom is 0.315 e. The maximum atomic E-state index is 5.51. The third-order valence-corrected chi connectivity index (χ3v) is 3.55. The number of hydrogen-bond acceptors (Lipinski definition) is 7. The number of aromatic nitrogens is 3. The van der Waals surface area contributed by atoms with Crippen molar-refractivity contribution in [3.8, 4) is 0 Å². The van der Waals surface area contributed by atoms with Gasteiger partial charge in [-0.05, 0) is 27.4 Å². The molecule has 104 valence electrons. The number of aryl methyl sites for hydroxylation is 2. The Morgan fingerprint density at radius 1 is 1.32 bits per heavy atom. The van der Waals surface area contributed by atoms with Gasteiger partial charge >= 0.3 is 6.01 Å². The second-order valence-corrected chi connectivity index (χ2v) is 5.84. The third kappa shape index (κ3) is 3.74. The van der Waals surface area contributed by atoms with Gasteiger partial charge in [0.25, 0.3) is 0 Å². The van der Waals surface area contributed by atoms with Crippen LogP contribution in [-0.2, 0) is 19.5 Å². The molecule has 0 aliphatic carbocycles. The van der Waals surface area contributed by atoms with Crippen LogP contribution >= 0.6 is 11.3 Å². The van der Waals surface area contributed by atoms with Crippen LogP contribution in [0.5, 0.6) is 0 Å². The molecule has 7 heteroatoms. The number of thiazole rings is 1. The fraction of sp³-hybridized carbons (Fsp3) is 0.583. The Kier molecular flexibility index (Phi) is 4.49. The molecule has 2 rings (SSSR count). The Bertz CT molecular complexity index is 534. The highest BCUT2D eigenvalue weighted by Gasteiger charge is 2.10. The lowest BCUT2D eigenvalue weighted by atomic mass is 10.3. The van der Waals surface area contributed by atoms with Crippen LogP contribution in [0.1, 0.15) is 28.4 Å². The Balaban J connectivity index is 1.96. The van der Waals surface area contributed by atoms with Crippen molar-refractivity contribution < 1.29 is 4.42 Å². The average Bonchev–Trinajstić information content (AvgIpc) is 2.92. The highest BCUT2D eigenvalue weighted by atomic mass is 32.1. The van der Waals surface area contributed by atoms with Crippen molar-refractivity contribution in [2.45, 2.75) is 33.4 Å². The van der Waals surface area contributed by atoms with E-state index in [-0.39, 0.29) is 0 Å². The van der Waals surface area contributed by atoms with E-state index in [0.717, 1.165) is 17.1 Å². The quantitative estimate of drug-likeness (QED) is 0.874. The van der Waals surface area contributed by atoms with Gasteiger partial charge in [0.15, 0.2) is 0 Å². The second-order valence-electron chi connectivity index (χ2n) is 4.55. The highest BCUT2D eigenvalue weighted by Crippen LogP contribution is 2.20. The summed E-state index contributed by atoms with van der Waals surface area (Å²) in [5.74, 6) is 0.615. The molecule has 0 saturated heterocycles. The third-order valence-electron chi connectivity index (χ3n) is 2.54. The number of anilines is 1. The lowest BCUT2D eigenvalue weighted by molar-refractivity contribution is 0.344. The van der Waals surface area contributed by atoms with E-state index in [1.165, 1.54) is 4.88 Å². The molecule has 0 spiro atoms. The van der Waals surface area contributed by atoms with Crippen molar-refractivity contribution >= 4 is 17.4 Å². The van der Waals surface area contributed by atoms with Crippen LogP contribution in [0.2, 0.25) is 0 Å². The molecule has 0 fully saturated rings. The predicted octanol–water partition coefficient (Wildman–Crippen LogP) is 2.07. The maximum absolute atomic E-state index is 5.51. The molecule has 2 aromatic heterocycles. The minimum absolute atomic E-state index is 0.463. The highest BCUT2D eigenvalue weighted by molar-refractivity contribution is 7.11. The van der Waals surface area contributed by atoms with Crippen LogP contribution in [0.4, 0.5) is 6.01 Å².